The Morgan fingerprint density at radius 1 is 0.886 bits per heavy atom. The topological polar surface area (TPSA) is 95.9 Å². The number of rotatable bonds is 10. The van der Waals surface area contributed by atoms with Crippen molar-refractivity contribution in [3.05, 3.63) is 102 Å². The second-order valence-corrected chi connectivity index (χ2v) is 8.46. The van der Waals surface area contributed by atoms with E-state index in [-0.39, 0.29) is 29.6 Å². The lowest BCUT2D eigenvalue weighted by Gasteiger charge is -2.20. The van der Waals surface area contributed by atoms with Crippen LogP contribution in [0.3, 0.4) is 0 Å². The highest BCUT2D eigenvalue weighted by Gasteiger charge is 2.17. The number of aromatic hydroxyl groups is 1. The van der Waals surface area contributed by atoms with Crippen LogP contribution in [0, 0.1) is 0 Å². The maximum Gasteiger partial charge on any atom is 0.335 e. The summed E-state index contributed by atoms with van der Waals surface area (Å²) in [7, 11) is 1.65. The van der Waals surface area contributed by atoms with E-state index in [1.165, 1.54) is 12.1 Å². The summed E-state index contributed by atoms with van der Waals surface area (Å²) in [6.07, 6.45) is 1.29. The van der Waals surface area contributed by atoms with Crippen molar-refractivity contribution < 1.29 is 24.5 Å². The van der Waals surface area contributed by atoms with Crippen LogP contribution in [0.2, 0.25) is 0 Å². The highest BCUT2D eigenvalue weighted by molar-refractivity contribution is 5.88. The Kier molecular flexibility index (Phi) is 7.31. The SMILES string of the molecule is COc1ccc2cc(CCC(=O)CC(Nc3ccc(C(=O)O)cc3)c3ccc(O)cc3)ccc2c1. The number of carboxylic acids is 1. The monoisotopic (exact) mass is 469 g/mol. The quantitative estimate of drug-likeness (QED) is 0.264. The van der Waals surface area contributed by atoms with Gasteiger partial charge in [0.25, 0.3) is 0 Å². The van der Waals surface area contributed by atoms with E-state index in [1.807, 2.05) is 30.3 Å². The Bertz CT molecular complexity index is 1330. The number of fused-ring (bicyclic) bond motifs is 1. The Hall–Kier alpha value is -4.32. The number of Topliss-reactive ketones (excluding diaryl/α,β-unsaturated/α-hetero) is 1. The molecule has 6 nitrogen and oxygen atoms in total. The van der Waals surface area contributed by atoms with Crippen molar-refractivity contribution in [2.75, 3.05) is 12.4 Å². The minimum Gasteiger partial charge on any atom is -0.508 e. The van der Waals surface area contributed by atoms with Gasteiger partial charge in [-0.05, 0) is 76.9 Å². The van der Waals surface area contributed by atoms with Crippen LogP contribution in [0.15, 0.2) is 84.9 Å². The maximum atomic E-state index is 13.0. The molecule has 178 valence electrons. The van der Waals surface area contributed by atoms with Gasteiger partial charge in [-0.25, -0.2) is 4.79 Å². The number of aryl methyl sites for hydroxylation is 1. The van der Waals surface area contributed by atoms with Gasteiger partial charge < -0.3 is 20.3 Å². The van der Waals surface area contributed by atoms with Crippen LogP contribution in [0.1, 0.15) is 40.4 Å². The Morgan fingerprint density at radius 3 is 2.26 bits per heavy atom. The van der Waals surface area contributed by atoms with Crippen LogP contribution in [0.25, 0.3) is 10.8 Å². The van der Waals surface area contributed by atoms with E-state index in [0.717, 1.165) is 27.6 Å². The van der Waals surface area contributed by atoms with Gasteiger partial charge in [-0.15, -0.1) is 0 Å². The van der Waals surface area contributed by atoms with Crippen LogP contribution in [-0.2, 0) is 11.2 Å². The van der Waals surface area contributed by atoms with Crippen molar-refractivity contribution in [1.29, 1.82) is 0 Å². The zero-order valence-electron chi connectivity index (χ0n) is 19.4. The van der Waals surface area contributed by atoms with Gasteiger partial charge in [0.1, 0.15) is 17.3 Å². The number of carbonyl (C=O) groups is 2. The first-order chi connectivity index (χ1) is 16.9. The molecular formula is C29H27NO5. The van der Waals surface area contributed by atoms with Crippen molar-refractivity contribution in [2.24, 2.45) is 0 Å². The van der Waals surface area contributed by atoms with Crippen molar-refractivity contribution in [2.45, 2.75) is 25.3 Å². The van der Waals surface area contributed by atoms with E-state index in [4.69, 9.17) is 9.84 Å². The normalized spacial score (nSPS) is 11.7. The third kappa shape index (κ3) is 6.18. The van der Waals surface area contributed by atoms with Gasteiger partial charge in [0, 0.05) is 18.5 Å². The van der Waals surface area contributed by atoms with E-state index in [2.05, 4.69) is 11.4 Å². The van der Waals surface area contributed by atoms with Crippen LogP contribution >= 0.6 is 0 Å². The summed E-state index contributed by atoms with van der Waals surface area (Å²) >= 11 is 0. The van der Waals surface area contributed by atoms with Crippen LogP contribution in [0.4, 0.5) is 5.69 Å². The summed E-state index contributed by atoms with van der Waals surface area (Å²) < 4.78 is 5.28. The van der Waals surface area contributed by atoms with Gasteiger partial charge in [-0.2, -0.15) is 0 Å². The lowest BCUT2D eigenvalue weighted by atomic mass is 9.97. The molecule has 0 bridgehead atoms. The molecule has 0 fully saturated rings. The summed E-state index contributed by atoms with van der Waals surface area (Å²) in [4.78, 5) is 24.1. The Morgan fingerprint density at radius 2 is 1.57 bits per heavy atom. The van der Waals surface area contributed by atoms with Gasteiger partial charge in [0.2, 0.25) is 0 Å². The molecule has 4 aromatic carbocycles. The Balaban J connectivity index is 1.45. The summed E-state index contributed by atoms with van der Waals surface area (Å²) in [5, 5.41) is 24.3. The number of nitrogens with one attached hydrogen (secondary N) is 1. The fourth-order valence-corrected chi connectivity index (χ4v) is 4.04. The minimum atomic E-state index is -0.991. The second kappa shape index (κ2) is 10.7. The largest absolute Gasteiger partial charge is 0.508 e. The van der Waals surface area contributed by atoms with Crippen molar-refractivity contribution in [1.82, 2.24) is 0 Å². The summed E-state index contributed by atoms with van der Waals surface area (Å²) in [6, 6.07) is 24.9. The standard InChI is InChI=1S/C29H27NO5/c1-35-27-15-9-22-16-19(2-4-23(22)17-27)3-12-26(32)18-28(20-7-13-25(31)14-8-20)30-24-10-5-21(6-11-24)29(33)34/h2,4-11,13-17,28,30-31H,3,12,18H2,1H3,(H,33,34). The van der Waals surface area contributed by atoms with E-state index >= 15 is 0 Å². The number of phenols is 1. The molecule has 0 saturated carbocycles. The summed E-state index contributed by atoms with van der Waals surface area (Å²) in [6.45, 7) is 0. The third-order valence-electron chi connectivity index (χ3n) is 6.00. The first-order valence-corrected chi connectivity index (χ1v) is 11.4. The zero-order chi connectivity index (χ0) is 24.8. The fourth-order valence-electron chi connectivity index (χ4n) is 4.04. The average Bonchev–Trinajstić information content (AvgIpc) is 2.87. The van der Waals surface area contributed by atoms with Crippen LogP contribution < -0.4 is 10.1 Å². The van der Waals surface area contributed by atoms with E-state index in [9.17, 15) is 14.7 Å². The molecule has 0 aliphatic heterocycles. The number of hydrogen-bond donors (Lipinski definition) is 3. The predicted molar refractivity (Wildman–Crippen MR) is 136 cm³/mol. The molecule has 0 spiro atoms. The van der Waals surface area contributed by atoms with Crippen molar-refractivity contribution in [3.8, 4) is 11.5 Å². The van der Waals surface area contributed by atoms with Gasteiger partial charge >= 0.3 is 5.97 Å². The average molecular weight is 470 g/mol. The van der Waals surface area contributed by atoms with Gasteiger partial charge in [0.15, 0.2) is 0 Å². The van der Waals surface area contributed by atoms with Gasteiger partial charge in [-0.3, -0.25) is 4.79 Å². The van der Waals surface area contributed by atoms with E-state index < -0.39 is 5.97 Å². The lowest BCUT2D eigenvalue weighted by Crippen LogP contribution is -2.16. The number of ketones is 1. The van der Waals surface area contributed by atoms with Crippen molar-refractivity contribution in [3.63, 3.8) is 0 Å². The predicted octanol–water partition coefficient (Wildman–Crippen LogP) is 6.00. The fraction of sp³-hybridized carbons (Fsp3) is 0.172. The van der Waals surface area contributed by atoms with Gasteiger partial charge in [0.05, 0.1) is 18.7 Å². The maximum absolute atomic E-state index is 13.0. The van der Waals surface area contributed by atoms with Crippen LogP contribution in [-0.4, -0.2) is 29.1 Å². The molecule has 0 heterocycles. The molecule has 0 aromatic heterocycles. The molecule has 0 aliphatic carbocycles. The molecule has 1 unspecified atom stereocenters. The number of phenolic OH excluding ortho intramolecular Hbond substituents is 1. The first-order valence-electron chi connectivity index (χ1n) is 11.4. The first kappa shape index (κ1) is 23.8. The number of carbonyl (C=O) groups excluding carboxylic acids is 1. The summed E-state index contributed by atoms with van der Waals surface area (Å²) in [5.41, 5.74) is 2.86. The molecule has 4 rings (SSSR count). The smallest absolute Gasteiger partial charge is 0.335 e. The van der Waals surface area contributed by atoms with Crippen LogP contribution in [0.5, 0.6) is 11.5 Å². The molecule has 0 saturated heterocycles. The number of hydrogen-bond acceptors (Lipinski definition) is 5. The molecule has 1 atom stereocenters. The van der Waals surface area contributed by atoms with E-state index in [0.29, 0.717) is 18.5 Å². The molecule has 3 N–H and O–H groups in total. The number of ether oxygens (including phenoxy) is 1. The number of benzene rings is 4. The van der Waals surface area contributed by atoms with E-state index in [1.54, 1.807) is 43.5 Å². The highest BCUT2D eigenvalue weighted by Crippen LogP contribution is 2.27. The lowest BCUT2D eigenvalue weighted by molar-refractivity contribution is -0.119. The summed E-state index contributed by atoms with van der Waals surface area (Å²) in [5.74, 6) is 0.0755. The number of methoxy groups -OCH3 is 1. The third-order valence-corrected chi connectivity index (χ3v) is 6.00. The van der Waals surface area contributed by atoms with Gasteiger partial charge in [-0.1, -0.05) is 36.4 Å². The zero-order valence-corrected chi connectivity index (χ0v) is 19.4. The number of carboxylic acid groups (broad SMARTS) is 1. The molecule has 0 amide bonds. The molecule has 0 radical (unpaired) electrons. The molecule has 4 aromatic rings. The molecular weight excluding hydrogens is 442 g/mol. The minimum absolute atomic E-state index is 0.104. The molecule has 6 heteroatoms. The number of aromatic carboxylic acids is 1. The Labute approximate surface area is 203 Å². The number of anilines is 1. The molecule has 35 heavy (non-hydrogen) atoms. The van der Waals surface area contributed by atoms with Crippen molar-refractivity contribution >= 4 is 28.2 Å². The second-order valence-electron chi connectivity index (χ2n) is 8.46. The molecule has 0 aliphatic rings. The highest BCUT2D eigenvalue weighted by atomic mass is 16.5.